The lowest BCUT2D eigenvalue weighted by atomic mass is 9.72. The highest BCUT2D eigenvalue weighted by molar-refractivity contribution is 5.73. The van der Waals surface area contributed by atoms with E-state index in [2.05, 4.69) is 27.3 Å². The van der Waals surface area contributed by atoms with Crippen LogP contribution in [0.1, 0.15) is 80.8 Å². The molecule has 2 aliphatic carbocycles. The quantitative estimate of drug-likeness (QED) is 0.299. The van der Waals surface area contributed by atoms with E-state index in [1.165, 1.54) is 19.1 Å². The summed E-state index contributed by atoms with van der Waals surface area (Å²) < 4.78 is 38.5. The maximum atomic E-state index is 15.5. The van der Waals surface area contributed by atoms with Crippen LogP contribution in [0.4, 0.5) is 8.78 Å². The number of aromatic nitrogens is 4. The van der Waals surface area contributed by atoms with E-state index in [4.69, 9.17) is 10.5 Å². The number of methoxy groups -OCH3 is 1. The van der Waals surface area contributed by atoms with Crippen molar-refractivity contribution in [2.75, 3.05) is 7.11 Å². The predicted molar refractivity (Wildman–Crippen MR) is 159 cm³/mol. The highest BCUT2D eigenvalue weighted by atomic mass is 19.1. The van der Waals surface area contributed by atoms with Crippen molar-refractivity contribution in [3.8, 4) is 11.3 Å². The number of halogens is 2. The molecule has 3 N–H and O–H groups in total. The van der Waals surface area contributed by atoms with Crippen LogP contribution in [-0.2, 0) is 21.6 Å². The molecule has 0 saturated heterocycles. The smallest absolute Gasteiger partial charge is 0.217 e. The molecule has 6 rings (SSSR count). The van der Waals surface area contributed by atoms with Gasteiger partial charge in [0.25, 0.3) is 0 Å². The number of fused-ring (bicyclic) bond motifs is 1. The second-order valence-corrected chi connectivity index (χ2v) is 12.2. The fourth-order valence-electron chi connectivity index (χ4n) is 7.31. The fourth-order valence-corrected chi connectivity index (χ4v) is 7.31. The van der Waals surface area contributed by atoms with Gasteiger partial charge in [0.1, 0.15) is 17.5 Å². The molecule has 4 atom stereocenters. The second-order valence-electron chi connectivity index (χ2n) is 12.2. The molecule has 1 amide bonds. The third kappa shape index (κ3) is 5.54. The molecule has 2 fully saturated rings. The first-order valence-electron chi connectivity index (χ1n) is 15.0. The van der Waals surface area contributed by atoms with Gasteiger partial charge in [-0.1, -0.05) is 19.8 Å². The Bertz CT molecular complexity index is 1610. The van der Waals surface area contributed by atoms with Gasteiger partial charge in [0.2, 0.25) is 5.91 Å². The monoisotopic (exact) mass is 588 g/mol. The number of rotatable bonds is 7. The molecule has 0 spiro atoms. The van der Waals surface area contributed by atoms with E-state index in [0.717, 1.165) is 55.2 Å². The van der Waals surface area contributed by atoms with Gasteiger partial charge < -0.3 is 15.8 Å². The summed E-state index contributed by atoms with van der Waals surface area (Å²) in [5.74, 6) is -0.365. The van der Waals surface area contributed by atoms with E-state index in [1.54, 1.807) is 36.2 Å². The molecule has 8 nitrogen and oxygen atoms in total. The summed E-state index contributed by atoms with van der Waals surface area (Å²) >= 11 is 0. The van der Waals surface area contributed by atoms with E-state index in [-0.39, 0.29) is 41.1 Å². The summed E-state index contributed by atoms with van der Waals surface area (Å²) in [5, 5.41) is 7.67. The molecule has 226 valence electrons. The minimum absolute atomic E-state index is 0.0639. The predicted octanol–water partition coefficient (Wildman–Crippen LogP) is 5.42. The zero-order valence-corrected chi connectivity index (χ0v) is 24.8. The largest absolute Gasteiger partial charge is 0.374 e. The zero-order valence-electron chi connectivity index (χ0n) is 24.8. The van der Waals surface area contributed by atoms with E-state index in [1.807, 2.05) is 12.3 Å². The van der Waals surface area contributed by atoms with Crippen molar-refractivity contribution in [3.05, 3.63) is 83.1 Å². The van der Waals surface area contributed by atoms with Crippen molar-refractivity contribution < 1.29 is 18.3 Å². The van der Waals surface area contributed by atoms with Crippen molar-refractivity contribution in [1.82, 2.24) is 24.9 Å². The highest BCUT2D eigenvalue weighted by Crippen LogP contribution is 2.43. The van der Waals surface area contributed by atoms with Gasteiger partial charge >= 0.3 is 0 Å². The van der Waals surface area contributed by atoms with Crippen LogP contribution in [0.3, 0.4) is 0 Å². The molecule has 0 radical (unpaired) electrons. The summed E-state index contributed by atoms with van der Waals surface area (Å²) in [7, 11) is 1.60. The van der Waals surface area contributed by atoms with Crippen molar-refractivity contribution in [3.63, 3.8) is 0 Å². The highest BCUT2D eigenvalue weighted by Gasteiger charge is 2.37. The Morgan fingerprint density at radius 1 is 1.14 bits per heavy atom. The van der Waals surface area contributed by atoms with Crippen LogP contribution in [0, 0.1) is 17.6 Å². The molecule has 4 aromatic rings. The first-order valence-corrected chi connectivity index (χ1v) is 15.0. The molecule has 2 aliphatic rings. The van der Waals surface area contributed by atoms with E-state index in [9.17, 15) is 4.79 Å². The maximum Gasteiger partial charge on any atom is 0.217 e. The Balaban J connectivity index is 1.30. The van der Waals surface area contributed by atoms with Crippen LogP contribution in [0.15, 0.2) is 48.9 Å². The Labute approximate surface area is 250 Å². The van der Waals surface area contributed by atoms with Crippen LogP contribution in [-0.4, -0.2) is 44.7 Å². The Morgan fingerprint density at radius 2 is 1.88 bits per heavy atom. The van der Waals surface area contributed by atoms with Crippen LogP contribution < -0.4 is 11.1 Å². The number of carbonyl (C=O) groups is 1. The van der Waals surface area contributed by atoms with Gasteiger partial charge in [-0.3, -0.25) is 9.78 Å². The number of nitrogens with one attached hydrogen (secondary N) is 1. The molecular weight excluding hydrogens is 550 g/mol. The molecule has 1 aromatic carbocycles. The number of nitrogens with two attached hydrogens (primary N) is 1. The van der Waals surface area contributed by atoms with E-state index in [0.29, 0.717) is 17.8 Å². The number of imidazole rings is 1. The SMILES string of the molecule is COC1(c2cc(F)c(-c3ccc4cnc(Cc5cnccc5[C@H]5C[C@@H](N)[C@@H](NC(C)=O)[C@@H](C)C5)n4n3)c(F)c2)CCCC1. The fraction of sp³-hybridized carbons (Fsp3) is 0.455. The number of benzene rings is 1. The Morgan fingerprint density at radius 3 is 2.56 bits per heavy atom. The Kier molecular flexibility index (Phi) is 8.00. The van der Waals surface area contributed by atoms with Gasteiger partial charge in [0, 0.05) is 44.9 Å². The first kappa shape index (κ1) is 29.3. The van der Waals surface area contributed by atoms with Gasteiger partial charge in [-0.15, -0.1) is 0 Å². The van der Waals surface area contributed by atoms with Crippen molar-refractivity contribution in [2.45, 2.75) is 82.4 Å². The maximum absolute atomic E-state index is 15.5. The van der Waals surface area contributed by atoms with Crippen molar-refractivity contribution >= 4 is 11.4 Å². The number of carbonyl (C=O) groups excluding carboxylic acids is 1. The number of nitrogens with zero attached hydrogens (tertiary/aromatic N) is 4. The summed E-state index contributed by atoms with van der Waals surface area (Å²) in [6.45, 7) is 3.64. The van der Waals surface area contributed by atoms with Crippen LogP contribution in [0.5, 0.6) is 0 Å². The lowest BCUT2D eigenvalue weighted by Crippen LogP contribution is -2.54. The summed E-state index contributed by atoms with van der Waals surface area (Å²) in [5.41, 5.74) is 9.28. The van der Waals surface area contributed by atoms with Crippen molar-refractivity contribution in [2.24, 2.45) is 11.7 Å². The van der Waals surface area contributed by atoms with Gasteiger partial charge in [-0.2, -0.15) is 5.10 Å². The van der Waals surface area contributed by atoms with Crippen LogP contribution >= 0.6 is 0 Å². The van der Waals surface area contributed by atoms with Gasteiger partial charge in [0.05, 0.1) is 28.6 Å². The van der Waals surface area contributed by atoms with Crippen LogP contribution in [0.2, 0.25) is 0 Å². The standard InChI is InChI=1S/C33H38F2N6O2/c1-19-12-21(13-28(36)32(19)39-20(2)42)25-8-11-37-17-22(25)14-30-38-18-24-6-7-29(40-41(24)30)31-26(34)15-23(16-27(31)35)33(43-3)9-4-5-10-33/h6-8,11,15-19,21,28,32H,4-5,9-10,12-14,36H2,1-3H3,(H,39,42)/t19-,21+,28+,32-/m0/s1. The number of ether oxygens (including phenoxy) is 1. The molecule has 10 heteroatoms. The summed E-state index contributed by atoms with van der Waals surface area (Å²) in [4.78, 5) is 20.7. The minimum atomic E-state index is -0.665. The topological polar surface area (TPSA) is 107 Å². The molecule has 2 saturated carbocycles. The molecule has 0 aliphatic heterocycles. The zero-order chi connectivity index (χ0) is 30.3. The van der Waals surface area contributed by atoms with Gasteiger partial charge in [-0.25, -0.2) is 18.3 Å². The molecule has 0 unspecified atom stereocenters. The molecule has 0 bridgehead atoms. The number of amides is 1. The lowest BCUT2D eigenvalue weighted by molar-refractivity contribution is -0.120. The molecule has 3 heterocycles. The average Bonchev–Trinajstić information content (AvgIpc) is 3.63. The first-order chi connectivity index (χ1) is 20.7. The molecular formula is C33H38F2N6O2. The second kappa shape index (κ2) is 11.7. The summed E-state index contributed by atoms with van der Waals surface area (Å²) in [6.07, 6.45) is 10.8. The number of pyridine rings is 1. The van der Waals surface area contributed by atoms with E-state index >= 15 is 8.78 Å². The van der Waals surface area contributed by atoms with Crippen LogP contribution in [0.25, 0.3) is 16.8 Å². The van der Waals surface area contributed by atoms with Crippen molar-refractivity contribution in [1.29, 1.82) is 0 Å². The molecule has 43 heavy (non-hydrogen) atoms. The molecule has 3 aromatic heterocycles. The number of hydrogen-bond acceptors (Lipinski definition) is 6. The summed E-state index contributed by atoms with van der Waals surface area (Å²) in [6, 6.07) is 7.97. The third-order valence-electron chi connectivity index (χ3n) is 9.47. The van der Waals surface area contributed by atoms with E-state index < -0.39 is 17.2 Å². The minimum Gasteiger partial charge on any atom is -0.374 e. The lowest BCUT2D eigenvalue weighted by Gasteiger charge is -2.39. The third-order valence-corrected chi connectivity index (χ3v) is 9.47. The normalized spacial score (nSPS) is 23.5. The average molecular weight is 589 g/mol. The van der Waals surface area contributed by atoms with Gasteiger partial charge in [0.15, 0.2) is 0 Å². The van der Waals surface area contributed by atoms with Gasteiger partial charge in [-0.05, 0) is 84.5 Å². The Hall–Kier alpha value is -3.76. The number of hydrogen-bond donors (Lipinski definition) is 2.